The molecule has 16 heavy (non-hydrogen) atoms. The van der Waals surface area contributed by atoms with Crippen molar-refractivity contribution in [2.24, 2.45) is 0 Å². The van der Waals surface area contributed by atoms with Gasteiger partial charge in [0.15, 0.2) is 0 Å². The smallest absolute Gasteiger partial charge is 0.0798 e. The van der Waals surface area contributed by atoms with Gasteiger partial charge in [0, 0.05) is 6.20 Å². The maximum Gasteiger partial charge on any atom is 0.0798 e. The van der Waals surface area contributed by atoms with Crippen LogP contribution in [0.1, 0.15) is 25.1 Å². The van der Waals surface area contributed by atoms with Crippen LogP contribution in [0.3, 0.4) is 0 Å². The predicted octanol–water partition coefficient (Wildman–Crippen LogP) is 2.54. The van der Waals surface area contributed by atoms with Crippen molar-refractivity contribution in [3.63, 3.8) is 0 Å². The zero-order valence-corrected chi connectivity index (χ0v) is 9.72. The van der Waals surface area contributed by atoms with Gasteiger partial charge >= 0.3 is 0 Å². The lowest BCUT2D eigenvalue weighted by Gasteiger charge is -2.10. The number of hydrogen-bond donors (Lipinski definition) is 1. The monoisotopic (exact) mass is 215 g/mol. The van der Waals surface area contributed by atoms with Crippen LogP contribution in [-0.4, -0.2) is 16.8 Å². The van der Waals surface area contributed by atoms with Crippen LogP contribution < -0.4 is 5.32 Å². The van der Waals surface area contributed by atoms with Crippen molar-refractivity contribution in [2.45, 2.75) is 19.4 Å². The molecule has 1 aromatic carbocycles. The lowest BCUT2D eigenvalue weighted by molar-refractivity contribution is 0.555. The first-order valence-corrected chi connectivity index (χ1v) is 5.63. The fraction of sp³-hybridized carbons (Fsp3) is 0.308. The first-order chi connectivity index (χ1) is 7.85. The van der Waals surface area contributed by atoms with Crippen LogP contribution in [-0.2, 0) is 0 Å². The fourth-order valence-corrected chi connectivity index (χ4v) is 1.81. The van der Waals surface area contributed by atoms with Gasteiger partial charge in [0.2, 0.25) is 0 Å². The van der Waals surface area contributed by atoms with E-state index in [9.17, 15) is 0 Å². The van der Waals surface area contributed by atoms with Crippen molar-refractivity contribution in [2.75, 3.05) is 7.05 Å². The lowest BCUT2D eigenvalue weighted by atomic mass is 10.2. The Morgan fingerprint density at radius 3 is 2.62 bits per heavy atom. The van der Waals surface area contributed by atoms with Gasteiger partial charge in [0.25, 0.3) is 0 Å². The molecule has 2 rings (SSSR count). The maximum absolute atomic E-state index is 4.58. The van der Waals surface area contributed by atoms with E-state index in [0.29, 0.717) is 6.04 Å². The molecule has 0 fully saturated rings. The molecule has 0 aliphatic carbocycles. The number of benzene rings is 1. The Morgan fingerprint density at radius 2 is 2.00 bits per heavy atom. The highest BCUT2D eigenvalue weighted by Crippen LogP contribution is 2.15. The van der Waals surface area contributed by atoms with Crippen molar-refractivity contribution < 1.29 is 0 Å². The van der Waals surface area contributed by atoms with E-state index >= 15 is 0 Å². The quantitative estimate of drug-likeness (QED) is 0.849. The first-order valence-electron chi connectivity index (χ1n) is 5.63. The lowest BCUT2D eigenvalue weighted by Crippen LogP contribution is -2.16. The third kappa shape index (κ3) is 2.14. The fourth-order valence-electron chi connectivity index (χ4n) is 1.81. The van der Waals surface area contributed by atoms with E-state index < -0.39 is 0 Å². The summed E-state index contributed by atoms with van der Waals surface area (Å²) in [6.07, 6.45) is 3.05. The SMILES string of the molecule is CCC(NC)c1ccn(-c2ccccc2)n1. The van der Waals surface area contributed by atoms with Crippen molar-refractivity contribution in [1.29, 1.82) is 0 Å². The Labute approximate surface area is 96.1 Å². The van der Waals surface area contributed by atoms with E-state index in [-0.39, 0.29) is 0 Å². The van der Waals surface area contributed by atoms with Gasteiger partial charge in [-0.15, -0.1) is 0 Å². The van der Waals surface area contributed by atoms with E-state index in [0.717, 1.165) is 17.8 Å². The highest BCUT2D eigenvalue weighted by Gasteiger charge is 2.09. The molecule has 0 aliphatic rings. The van der Waals surface area contributed by atoms with Gasteiger partial charge in [0.05, 0.1) is 17.4 Å². The molecule has 0 radical (unpaired) electrons. The van der Waals surface area contributed by atoms with Crippen molar-refractivity contribution >= 4 is 0 Å². The Balaban J connectivity index is 2.26. The maximum atomic E-state index is 4.58. The highest BCUT2D eigenvalue weighted by molar-refractivity contribution is 5.30. The third-order valence-corrected chi connectivity index (χ3v) is 2.74. The van der Waals surface area contributed by atoms with Crippen LogP contribution in [0.4, 0.5) is 0 Å². The molecule has 84 valence electrons. The number of hydrogen-bond acceptors (Lipinski definition) is 2. The number of nitrogens with zero attached hydrogens (tertiary/aromatic N) is 2. The summed E-state index contributed by atoms with van der Waals surface area (Å²) in [4.78, 5) is 0. The van der Waals surface area contributed by atoms with E-state index in [1.54, 1.807) is 0 Å². The molecule has 0 saturated heterocycles. The van der Waals surface area contributed by atoms with E-state index in [1.807, 2.05) is 36.1 Å². The van der Waals surface area contributed by atoms with E-state index in [1.165, 1.54) is 0 Å². The summed E-state index contributed by atoms with van der Waals surface area (Å²) in [6.45, 7) is 2.16. The van der Waals surface area contributed by atoms with E-state index in [4.69, 9.17) is 0 Å². The molecule has 1 aromatic heterocycles. The summed E-state index contributed by atoms with van der Waals surface area (Å²) in [5.74, 6) is 0. The zero-order valence-electron chi connectivity index (χ0n) is 9.72. The third-order valence-electron chi connectivity index (χ3n) is 2.74. The summed E-state index contributed by atoms with van der Waals surface area (Å²) < 4.78 is 1.91. The van der Waals surface area contributed by atoms with Crippen LogP contribution in [0, 0.1) is 0 Å². The number of aromatic nitrogens is 2. The Hall–Kier alpha value is -1.61. The average molecular weight is 215 g/mol. The average Bonchev–Trinajstić information content (AvgIpc) is 2.81. The van der Waals surface area contributed by atoms with Gasteiger partial charge in [-0.05, 0) is 31.7 Å². The van der Waals surface area contributed by atoms with Crippen LogP contribution in [0.5, 0.6) is 0 Å². The van der Waals surface area contributed by atoms with Crippen LogP contribution >= 0.6 is 0 Å². The standard InChI is InChI=1S/C13H17N3/c1-3-12(14-2)13-9-10-16(15-13)11-7-5-4-6-8-11/h4-10,12,14H,3H2,1-2H3. The highest BCUT2D eigenvalue weighted by atomic mass is 15.3. The molecule has 0 bridgehead atoms. The second kappa shape index (κ2) is 4.94. The molecule has 1 atom stereocenters. The molecular formula is C13H17N3. The molecule has 0 amide bonds. The molecule has 2 aromatic rings. The summed E-state index contributed by atoms with van der Waals surface area (Å²) in [5.41, 5.74) is 2.19. The molecule has 0 spiro atoms. The van der Waals surface area contributed by atoms with Gasteiger partial charge in [-0.3, -0.25) is 0 Å². The van der Waals surface area contributed by atoms with Crippen LogP contribution in [0.15, 0.2) is 42.6 Å². The second-order valence-electron chi connectivity index (χ2n) is 3.77. The summed E-state index contributed by atoms with van der Waals surface area (Å²) in [6, 6.07) is 12.6. The molecule has 3 nitrogen and oxygen atoms in total. The van der Waals surface area contributed by atoms with Gasteiger partial charge in [0.1, 0.15) is 0 Å². The topological polar surface area (TPSA) is 29.9 Å². The molecule has 0 saturated carbocycles. The summed E-state index contributed by atoms with van der Waals surface area (Å²) in [5, 5.41) is 7.83. The van der Waals surface area contributed by atoms with Crippen LogP contribution in [0.25, 0.3) is 5.69 Å². The van der Waals surface area contributed by atoms with Crippen molar-refractivity contribution in [1.82, 2.24) is 15.1 Å². The summed E-state index contributed by atoms with van der Waals surface area (Å²) in [7, 11) is 1.97. The summed E-state index contributed by atoms with van der Waals surface area (Å²) >= 11 is 0. The van der Waals surface area contributed by atoms with Crippen molar-refractivity contribution in [3.05, 3.63) is 48.3 Å². The minimum Gasteiger partial charge on any atom is -0.312 e. The first kappa shape index (κ1) is 10.9. The second-order valence-corrected chi connectivity index (χ2v) is 3.77. The number of para-hydroxylation sites is 1. The predicted molar refractivity (Wildman–Crippen MR) is 65.7 cm³/mol. The number of rotatable bonds is 4. The normalized spacial score (nSPS) is 12.6. The number of nitrogens with one attached hydrogen (secondary N) is 1. The van der Waals surface area contributed by atoms with Crippen LogP contribution in [0.2, 0.25) is 0 Å². The molecule has 1 N–H and O–H groups in total. The minimum atomic E-state index is 0.338. The van der Waals surface area contributed by atoms with Gasteiger partial charge < -0.3 is 5.32 Å². The molecule has 0 aliphatic heterocycles. The molecule has 1 heterocycles. The minimum absolute atomic E-state index is 0.338. The Bertz CT molecular complexity index is 429. The molecule has 1 unspecified atom stereocenters. The molecular weight excluding hydrogens is 198 g/mol. The van der Waals surface area contributed by atoms with E-state index in [2.05, 4.69) is 35.5 Å². The Kier molecular flexibility index (Phi) is 3.37. The Morgan fingerprint density at radius 1 is 1.25 bits per heavy atom. The molecule has 3 heteroatoms. The van der Waals surface area contributed by atoms with Gasteiger partial charge in [-0.2, -0.15) is 5.10 Å². The van der Waals surface area contributed by atoms with Gasteiger partial charge in [-0.1, -0.05) is 25.1 Å². The van der Waals surface area contributed by atoms with Crippen molar-refractivity contribution in [3.8, 4) is 5.69 Å². The largest absolute Gasteiger partial charge is 0.312 e. The zero-order chi connectivity index (χ0) is 11.4. The van der Waals surface area contributed by atoms with Gasteiger partial charge in [-0.25, -0.2) is 4.68 Å².